The van der Waals surface area contributed by atoms with Gasteiger partial charge in [-0.1, -0.05) is 11.3 Å². The average Bonchev–Trinajstić information content (AvgIpc) is 2.87. The molecule has 0 aliphatic heterocycles. The van der Waals surface area contributed by atoms with Gasteiger partial charge in [-0.05, 0) is 13.8 Å². The number of aromatic amines is 1. The second-order valence-electron chi connectivity index (χ2n) is 4.03. The van der Waals surface area contributed by atoms with Crippen LogP contribution in [0, 0.1) is 13.8 Å². The Bertz CT molecular complexity index is 611. The molecule has 6 nitrogen and oxygen atoms in total. The van der Waals surface area contributed by atoms with Crippen molar-refractivity contribution in [3.8, 4) is 0 Å². The lowest BCUT2D eigenvalue weighted by Gasteiger charge is -2.06. The molecule has 0 aliphatic rings. The Morgan fingerprint density at radius 2 is 2.33 bits per heavy atom. The van der Waals surface area contributed by atoms with Crippen LogP contribution in [0.1, 0.15) is 17.0 Å². The number of nitrogens with zero attached hydrogens (tertiary/aromatic N) is 2. The first-order valence-corrected chi connectivity index (χ1v) is 6.36. The molecule has 0 radical (unpaired) electrons. The molecule has 2 N–H and O–H groups in total. The minimum atomic E-state index is -0.181. The maximum absolute atomic E-state index is 11.7. The predicted molar refractivity (Wildman–Crippen MR) is 68.5 cm³/mol. The van der Waals surface area contributed by atoms with E-state index in [1.807, 2.05) is 13.8 Å². The number of carbonyl (C=O) groups is 1. The molecule has 0 saturated carbocycles. The molecule has 0 fully saturated rings. The molecule has 18 heavy (non-hydrogen) atoms. The zero-order valence-corrected chi connectivity index (χ0v) is 11.0. The van der Waals surface area contributed by atoms with Crippen molar-refractivity contribution in [2.75, 3.05) is 0 Å². The zero-order valence-electron chi connectivity index (χ0n) is 10.2. The summed E-state index contributed by atoms with van der Waals surface area (Å²) in [6.45, 7) is 4.18. The van der Waals surface area contributed by atoms with E-state index in [9.17, 15) is 9.59 Å². The summed E-state index contributed by atoms with van der Waals surface area (Å²) in [7, 11) is 0. The number of hydrogen-bond donors (Lipinski definition) is 2. The van der Waals surface area contributed by atoms with Gasteiger partial charge in [0.2, 0.25) is 5.91 Å². The third kappa shape index (κ3) is 2.67. The van der Waals surface area contributed by atoms with Crippen LogP contribution in [0.5, 0.6) is 0 Å². The maximum Gasteiger partial charge on any atom is 0.307 e. The van der Waals surface area contributed by atoms with Crippen LogP contribution in [0.3, 0.4) is 0 Å². The van der Waals surface area contributed by atoms with E-state index >= 15 is 0 Å². The molecule has 0 spiro atoms. The van der Waals surface area contributed by atoms with E-state index in [0.717, 1.165) is 28.3 Å². The minimum absolute atomic E-state index is 0.0606. The van der Waals surface area contributed by atoms with Gasteiger partial charge in [-0.25, -0.2) is 0 Å². The summed E-state index contributed by atoms with van der Waals surface area (Å²) in [6, 6.07) is 0. The SMILES string of the molecule is Cc1[nH]ncc1CNC(=O)Cn1c(C)csc1=O. The molecule has 0 aliphatic carbocycles. The van der Waals surface area contributed by atoms with Gasteiger partial charge in [0.1, 0.15) is 6.54 Å². The van der Waals surface area contributed by atoms with E-state index in [2.05, 4.69) is 15.5 Å². The van der Waals surface area contributed by atoms with E-state index in [1.165, 1.54) is 4.57 Å². The van der Waals surface area contributed by atoms with Crippen LogP contribution in [0.25, 0.3) is 0 Å². The van der Waals surface area contributed by atoms with Gasteiger partial charge in [-0.3, -0.25) is 19.3 Å². The third-order valence-corrected chi connectivity index (χ3v) is 3.57. The van der Waals surface area contributed by atoms with E-state index < -0.39 is 0 Å². The number of nitrogens with one attached hydrogen (secondary N) is 2. The Morgan fingerprint density at radius 3 is 2.89 bits per heavy atom. The summed E-state index contributed by atoms with van der Waals surface area (Å²) >= 11 is 1.10. The van der Waals surface area contributed by atoms with Crippen LogP contribution in [0.2, 0.25) is 0 Å². The molecule has 0 bridgehead atoms. The lowest BCUT2D eigenvalue weighted by Crippen LogP contribution is -2.30. The molecule has 0 unspecified atom stereocenters. The number of carbonyl (C=O) groups excluding carboxylic acids is 1. The van der Waals surface area contributed by atoms with Crippen LogP contribution in [0.4, 0.5) is 0 Å². The van der Waals surface area contributed by atoms with Gasteiger partial charge in [-0.2, -0.15) is 5.10 Å². The van der Waals surface area contributed by atoms with Crippen LogP contribution >= 0.6 is 11.3 Å². The van der Waals surface area contributed by atoms with Crippen LogP contribution in [0.15, 0.2) is 16.4 Å². The van der Waals surface area contributed by atoms with Crippen LogP contribution in [-0.4, -0.2) is 20.7 Å². The molecule has 7 heteroatoms. The van der Waals surface area contributed by atoms with Crippen molar-refractivity contribution in [2.45, 2.75) is 26.9 Å². The molecule has 2 heterocycles. The van der Waals surface area contributed by atoms with Crippen molar-refractivity contribution in [1.29, 1.82) is 0 Å². The molecule has 0 atom stereocenters. The van der Waals surface area contributed by atoms with E-state index in [0.29, 0.717) is 6.54 Å². The summed E-state index contributed by atoms with van der Waals surface area (Å²) in [5, 5.41) is 11.2. The summed E-state index contributed by atoms with van der Waals surface area (Å²) < 4.78 is 1.46. The molecular weight excluding hydrogens is 252 g/mol. The van der Waals surface area contributed by atoms with Crippen molar-refractivity contribution in [3.63, 3.8) is 0 Å². The Hall–Kier alpha value is -1.89. The number of thiazole rings is 1. The van der Waals surface area contributed by atoms with Gasteiger partial charge in [0.05, 0.1) is 6.20 Å². The first kappa shape index (κ1) is 12.6. The summed E-state index contributed by atoms with van der Waals surface area (Å²) in [5.74, 6) is -0.181. The third-order valence-electron chi connectivity index (χ3n) is 2.69. The Balaban J connectivity index is 1.94. The summed E-state index contributed by atoms with van der Waals surface area (Å²) in [6.07, 6.45) is 1.68. The fraction of sp³-hybridized carbons (Fsp3) is 0.364. The Labute approximate surface area is 108 Å². The van der Waals surface area contributed by atoms with Crippen molar-refractivity contribution in [3.05, 3.63) is 38.2 Å². The normalized spacial score (nSPS) is 10.6. The molecule has 2 rings (SSSR count). The maximum atomic E-state index is 11.7. The molecule has 0 aromatic carbocycles. The van der Waals surface area contributed by atoms with Crippen LogP contribution < -0.4 is 10.2 Å². The molecule has 96 valence electrons. The highest BCUT2D eigenvalue weighted by Crippen LogP contribution is 2.02. The highest BCUT2D eigenvalue weighted by molar-refractivity contribution is 7.07. The Morgan fingerprint density at radius 1 is 1.56 bits per heavy atom. The van der Waals surface area contributed by atoms with Gasteiger partial charge in [-0.15, -0.1) is 0 Å². The van der Waals surface area contributed by atoms with Crippen molar-refractivity contribution < 1.29 is 4.79 Å². The van der Waals surface area contributed by atoms with Crippen molar-refractivity contribution in [2.24, 2.45) is 0 Å². The fourth-order valence-corrected chi connectivity index (χ4v) is 2.28. The lowest BCUT2D eigenvalue weighted by molar-refractivity contribution is -0.121. The van der Waals surface area contributed by atoms with Gasteiger partial charge < -0.3 is 5.32 Å². The molecule has 2 aromatic rings. The number of amides is 1. The smallest absolute Gasteiger partial charge is 0.307 e. The van der Waals surface area contributed by atoms with Crippen molar-refractivity contribution in [1.82, 2.24) is 20.1 Å². The minimum Gasteiger partial charge on any atom is -0.350 e. The second kappa shape index (κ2) is 5.18. The molecule has 1 amide bonds. The van der Waals surface area contributed by atoms with Crippen LogP contribution in [-0.2, 0) is 17.9 Å². The number of aryl methyl sites for hydroxylation is 2. The Kier molecular flexibility index (Phi) is 3.61. The fourth-order valence-electron chi connectivity index (χ4n) is 1.54. The van der Waals surface area contributed by atoms with Gasteiger partial charge in [0.15, 0.2) is 0 Å². The van der Waals surface area contributed by atoms with E-state index in [-0.39, 0.29) is 17.3 Å². The molecular formula is C11H14N4O2S. The highest BCUT2D eigenvalue weighted by atomic mass is 32.1. The number of aromatic nitrogens is 3. The second-order valence-corrected chi connectivity index (χ2v) is 4.85. The molecule has 0 saturated heterocycles. The number of H-pyrrole nitrogens is 1. The number of rotatable bonds is 4. The first-order chi connectivity index (χ1) is 8.58. The average molecular weight is 266 g/mol. The monoisotopic (exact) mass is 266 g/mol. The van der Waals surface area contributed by atoms with Gasteiger partial charge >= 0.3 is 4.87 Å². The van der Waals surface area contributed by atoms with Crippen molar-refractivity contribution >= 4 is 17.2 Å². The number of hydrogen-bond acceptors (Lipinski definition) is 4. The largest absolute Gasteiger partial charge is 0.350 e. The van der Waals surface area contributed by atoms with E-state index in [1.54, 1.807) is 11.6 Å². The summed E-state index contributed by atoms with van der Waals surface area (Å²) in [5.41, 5.74) is 2.68. The highest BCUT2D eigenvalue weighted by Gasteiger charge is 2.09. The standard InChI is InChI=1S/C11H14N4O2S/c1-7-6-18-11(17)15(7)5-10(16)12-3-9-4-13-14-8(9)2/h4,6H,3,5H2,1-2H3,(H,12,16)(H,13,14). The predicted octanol–water partition coefficient (Wildman–Crippen LogP) is 0.566. The molecule has 2 aromatic heterocycles. The topological polar surface area (TPSA) is 79.8 Å². The van der Waals surface area contributed by atoms with E-state index in [4.69, 9.17) is 0 Å². The summed E-state index contributed by atoms with van der Waals surface area (Å²) in [4.78, 5) is 23.1. The van der Waals surface area contributed by atoms with Gasteiger partial charge in [0.25, 0.3) is 0 Å². The zero-order chi connectivity index (χ0) is 13.1. The lowest BCUT2D eigenvalue weighted by atomic mass is 10.2. The van der Waals surface area contributed by atoms with Gasteiger partial charge in [0, 0.05) is 28.9 Å². The quantitative estimate of drug-likeness (QED) is 0.849. The first-order valence-electron chi connectivity index (χ1n) is 5.48.